The van der Waals surface area contributed by atoms with E-state index in [1.807, 2.05) is 0 Å². The third-order valence-electron chi connectivity index (χ3n) is 4.62. The van der Waals surface area contributed by atoms with Gasteiger partial charge in [-0.1, -0.05) is 18.2 Å². The summed E-state index contributed by atoms with van der Waals surface area (Å²) in [5.41, 5.74) is 0.703. The number of amides is 1. The second-order valence-corrected chi connectivity index (χ2v) is 9.50. The third kappa shape index (κ3) is 5.82. The van der Waals surface area contributed by atoms with Gasteiger partial charge in [0.25, 0.3) is 15.9 Å². The summed E-state index contributed by atoms with van der Waals surface area (Å²) < 4.78 is 52.1. The van der Waals surface area contributed by atoms with Crippen LogP contribution >= 0.6 is 15.9 Å². The van der Waals surface area contributed by atoms with Crippen LogP contribution in [0.15, 0.2) is 76.1 Å². The maximum atomic E-state index is 13.3. The lowest BCUT2D eigenvalue weighted by molar-refractivity contribution is -0.118. The normalized spacial score (nSPS) is 11.0. The predicted octanol–water partition coefficient (Wildman–Crippen LogP) is 4.83. The van der Waals surface area contributed by atoms with Gasteiger partial charge >= 0.3 is 0 Å². The predicted molar refractivity (Wildman–Crippen MR) is 128 cm³/mol. The molecule has 0 heterocycles. The molecule has 3 rings (SSSR count). The van der Waals surface area contributed by atoms with Crippen molar-refractivity contribution in [3.63, 3.8) is 0 Å². The number of hydrogen-bond donors (Lipinski definition) is 1. The fraction of sp³-hybridized carbons (Fsp3) is 0.174. The van der Waals surface area contributed by atoms with Gasteiger partial charge in [-0.25, -0.2) is 12.8 Å². The number of nitrogens with one attached hydrogen (secondary N) is 1. The van der Waals surface area contributed by atoms with Gasteiger partial charge in [-0.2, -0.15) is 0 Å². The highest BCUT2D eigenvalue weighted by atomic mass is 79.9. The highest BCUT2D eigenvalue weighted by Gasteiger charge is 2.25. The summed E-state index contributed by atoms with van der Waals surface area (Å²) in [6.45, 7) is 1.58. The number of rotatable bonds is 9. The Morgan fingerprint density at radius 2 is 1.76 bits per heavy atom. The molecule has 174 valence electrons. The molecule has 0 aliphatic rings. The van der Waals surface area contributed by atoms with Crippen LogP contribution in [0, 0.1) is 5.82 Å². The summed E-state index contributed by atoms with van der Waals surface area (Å²) in [5, 5.41) is 2.61. The summed E-state index contributed by atoms with van der Waals surface area (Å²) in [7, 11) is -2.49. The van der Waals surface area contributed by atoms with E-state index >= 15 is 0 Å². The average molecular weight is 537 g/mol. The molecule has 33 heavy (non-hydrogen) atoms. The molecule has 3 aromatic rings. The van der Waals surface area contributed by atoms with Gasteiger partial charge in [-0.3, -0.25) is 9.10 Å². The minimum atomic E-state index is -3.90. The van der Waals surface area contributed by atoms with E-state index in [1.54, 1.807) is 37.3 Å². The first-order chi connectivity index (χ1) is 15.8. The van der Waals surface area contributed by atoms with Crippen LogP contribution in [0.5, 0.6) is 11.5 Å². The molecular weight excluding hydrogens is 515 g/mol. The van der Waals surface area contributed by atoms with Gasteiger partial charge in [0.1, 0.15) is 17.3 Å². The van der Waals surface area contributed by atoms with Gasteiger partial charge in [0.2, 0.25) is 0 Å². The number of para-hydroxylation sites is 1. The van der Waals surface area contributed by atoms with Crippen LogP contribution in [0.1, 0.15) is 6.92 Å². The Bertz CT molecular complexity index is 1240. The quantitative estimate of drug-likeness (QED) is 0.423. The number of sulfonamides is 1. The SMILES string of the molecule is CCN(c1ccccc1)S(=O)(=O)c1ccc(OC)c(NC(=O)COc2ccc(F)cc2Br)c1. The van der Waals surface area contributed by atoms with Gasteiger partial charge in [0, 0.05) is 6.54 Å². The number of halogens is 2. The summed E-state index contributed by atoms with van der Waals surface area (Å²) in [5.74, 6) is -0.420. The zero-order chi connectivity index (χ0) is 24.0. The lowest BCUT2D eigenvalue weighted by Crippen LogP contribution is -2.30. The first-order valence-corrected chi connectivity index (χ1v) is 12.1. The van der Waals surface area contributed by atoms with E-state index < -0.39 is 21.7 Å². The van der Waals surface area contributed by atoms with Crippen molar-refractivity contribution in [2.75, 3.05) is 29.9 Å². The highest BCUT2D eigenvalue weighted by molar-refractivity contribution is 9.10. The second kappa shape index (κ2) is 10.7. The monoisotopic (exact) mass is 536 g/mol. The van der Waals surface area contributed by atoms with E-state index in [9.17, 15) is 17.6 Å². The molecule has 0 saturated heterocycles. The van der Waals surface area contributed by atoms with E-state index in [1.165, 1.54) is 47.8 Å². The van der Waals surface area contributed by atoms with Crippen LogP contribution in [0.4, 0.5) is 15.8 Å². The van der Waals surface area contributed by atoms with Crippen LogP contribution in [0.2, 0.25) is 0 Å². The Balaban J connectivity index is 1.82. The molecule has 0 spiro atoms. The molecule has 7 nitrogen and oxygen atoms in total. The van der Waals surface area contributed by atoms with Crippen molar-refractivity contribution >= 4 is 43.2 Å². The molecule has 10 heteroatoms. The number of hydrogen-bond acceptors (Lipinski definition) is 5. The van der Waals surface area contributed by atoms with Crippen molar-refractivity contribution in [1.29, 1.82) is 0 Å². The largest absolute Gasteiger partial charge is 0.495 e. The number of anilines is 2. The van der Waals surface area contributed by atoms with Crippen LogP contribution in [-0.4, -0.2) is 34.6 Å². The molecule has 0 saturated carbocycles. The van der Waals surface area contributed by atoms with E-state index in [0.29, 0.717) is 10.2 Å². The molecule has 0 aliphatic carbocycles. The number of carbonyl (C=O) groups is 1. The molecular formula is C23H22BrFN2O5S. The van der Waals surface area contributed by atoms with E-state index in [4.69, 9.17) is 9.47 Å². The standard InChI is InChI=1S/C23H22BrFN2O5S/c1-3-27(17-7-5-4-6-8-17)33(29,30)18-10-12-22(31-2)20(14-18)26-23(28)15-32-21-11-9-16(25)13-19(21)24/h4-14H,3,15H2,1-2H3,(H,26,28). The molecule has 0 unspecified atom stereocenters. The zero-order valence-electron chi connectivity index (χ0n) is 17.9. The van der Waals surface area contributed by atoms with Crippen LogP contribution in [0.25, 0.3) is 0 Å². The van der Waals surface area contributed by atoms with Gasteiger partial charge in [0.05, 0.1) is 27.9 Å². The second-order valence-electron chi connectivity index (χ2n) is 6.78. The fourth-order valence-electron chi connectivity index (χ4n) is 3.08. The number of benzene rings is 3. The van der Waals surface area contributed by atoms with Crippen molar-refractivity contribution in [3.05, 3.63) is 77.0 Å². The minimum absolute atomic E-state index is 0.00787. The lowest BCUT2D eigenvalue weighted by Gasteiger charge is -2.23. The summed E-state index contributed by atoms with van der Waals surface area (Å²) in [4.78, 5) is 12.5. The summed E-state index contributed by atoms with van der Waals surface area (Å²) in [6.07, 6.45) is 0. The Morgan fingerprint density at radius 1 is 1.06 bits per heavy atom. The lowest BCUT2D eigenvalue weighted by atomic mass is 10.3. The number of carbonyl (C=O) groups excluding carboxylic acids is 1. The molecule has 3 aromatic carbocycles. The van der Waals surface area contributed by atoms with Crippen LogP contribution in [-0.2, 0) is 14.8 Å². The molecule has 1 amide bonds. The first-order valence-electron chi connectivity index (χ1n) is 9.89. The molecule has 0 bridgehead atoms. The molecule has 0 aromatic heterocycles. The minimum Gasteiger partial charge on any atom is -0.495 e. The molecule has 0 aliphatic heterocycles. The van der Waals surface area contributed by atoms with Gasteiger partial charge in [0.15, 0.2) is 6.61 Å². The fourth-order valence-corrected chi connectivity index (χ4v) is 5.05. The van der Waals surface area contributed by atoms with Crippen molar-refractivity contribution in [1.82, 2.24) is 0 Å². The number of ether oxygens (including phenoxy) is 2. The van der Waals surface area contributed by atoms with Crippen molar-refractivity contribution in [2.45, 2.75) is 11.8 Å². The van der Waals surface area contributed by atoms with Crippen LogP contribution in [0.3, 0.4) is 0 Å². The van der Waals surface area contributed by atoms with Crippen molar-refractivity contribution < 1.29 is 27.1 Å². The Labute approximate surface area is 200 Å². The molecule has 0 fully saturated rings. The van der Waals surface area contributed by atoms with E-state index in [0.717, 1.165) is 0 Å². The smallest absolute Gasteiger partial charge is 0.264 e. The molecule has 1 N–H and O–H groups in total. The van der Waals surface area contributed by atoms with Gasteiger partial charge in [-0.05, 0) is 71.4 Å². The third-order valence-corrected chi connectivity index (χ3v) is 7.14. The number of methoxy groups -OCH3 is 1. The zero-order valence-corrected chi connectivity index (χ0v) is 20.3. The van der Waals surface area contributed by atoms with Gasteiger partial charge < -0.3 is 14.8 Å². The highest BCUT2D eigenvalue weighted by Crippen LogP contribution is 2.31. The summed E-state index contributed by atoms with van der Waals surface area (Å²) in [6, 6.07) is 16.8. The Morgan fingerprint density at radius 3 is 2.39 bits per heavy atom. The maximum absolute atomic E-state index is 13.3. The summed E-state index contributed by atoms with van der Waals surface area (Å²) >= 11 is 3.17. The first kappa shape index (κ1) is 24.5. The van der Waals surface area contributed by atoms with E-state index in [2.05, 4.69) is 21.2 Å². The van der Waals surface area contributed by atoms with Crippen molar-refractivity contribution in [2.24, 2.45) is 0 Å². The average Bonchev–Trinajstić information content (AvgIpc) is 2.79. The molecule has 0 radical (unpaired) electrons. The Kier molecular flexibility index (Phi) is 7.93. The Hall–Kier alpha value is -3.11. The van der Waals surface area contributed by atoms with Crippen LogP contribution < -0.4 is 19.1 Å². The topological polar surface area (TPSA) is 84.9 Å². The van der Waals surface area contributed by atoms with Gasteiger partial charge in [-0.15, -0.1) is 0 Å². The van der Waals surface area contributed by atoms with Crippen molar-refractivity contribution in [3.8, 4) is 11.5 Å². The molecule has 0 atom stereocenters. The maximum Gasteiger partial charge on any atom is 0.264 e. The van der Waals surface area contributed by atoms with E-state index in [-0.39, 0.29) is 35.2 Å². The number of nitrogens with zero attached hydrogens (tertiary/aromatic N) is 1.